The summed E-state index contributed by atoms with van der Waals surface area (Å²) in [6, 6.07) is 2.82. The van der Waals surface area contributed by atoms with Crippen LogP contribution in [0.2, 0.25) is 0 Å². The highest BCUT2D eigenvalue weighted by Gasteiger charge is 2.35. The number of ether oxygens (including phenoxy) is 1. The lowest BCUT2D eigenvalue weighted by Gasteiger charge is -2.43. The molecule has 21 heavy (non-hydrogen) atoms. The first kappa shape index (κ1) is 15.4. The largest absolute Gasteiger partial charge is 0.475 e. The summed E-state index contributed by atoms with van der Waals surface area (Å²) in [6.07, 6.45) is 0. The number of carboxylic acid groups (broad SMARTS) is 1. The van der Waals surface area contributed by atoms with Crippen LogP contribution in [0.1, 0.15) is 30.2 Å². The number of nitrogens with zero attached hydrogens (tertiary/aromatic N) is 2. The van der Waals surface area contributed by atoms with Crippen molar-refractivity contribution in [3.63, 3.8) is 0 Å². The maximum atomic E-state index is 12.5. The SMILES string of the molecule is CN(Cc1ccc(C(=O)O)o1)C(=O)N1CCOCC1(C)C. The monoisotopic (exact) mass is 296 g/mol. The van der Waals surface area contributed by atoms with E-state index < -0.39 is 5.97 Å². The third kappa shape index (κ3) is 3.36. The summed E-state index contributed by atoms with van der Waals surface area (Å²) in [4.78, 5) is 26.5. The average molecular weight is 296 g/mol. The zero-order chi connectivity index (χ0) is 15.6. The molecule has 2 amide bonds. The van der Waals surface area contributed by atoms with Gasteiger partial charge in [0, 0.05) is 13.6 Å². The molecule has 2 heterocycles. The number of hydrogen-bond donors (Lipinski definition) is 1. The van der Waals surface area contributed by atoms with Crippen LogP contribution in [-0.2, 0) is 11.3 Å². The maximum Gasteiger partial charge on any atom is 0.371 e. The van der Waals surface area contributed by atoms with E-state index in [9.17, 15) is 9.59 Å². The van der Waals surface area contributed by atoms with Crippen molar-refractivity contribution in [2.45, 2.75) is 25.9 Å². The Morgan fingerprint density at radius 3 is 2.71 bits per heavy atom. The first-order valence-electron chi connectivity index (χ1n) is 6.74. The number of urea groups is 1. The fourth-order valence-corrected chi connectivity index (χ4v) is 2.30. The molecule has 1 aromatic heterocycles. The van der Waals surface area contributed by atoms with Crippen molar-refractivity contribution < 1.29 is 23.8 Å². The molecule has 1 N–H and O–H groups in total. The van der Waals surface area contributed by atoms with Gasteiger partial charge in [0.2, 0.25) is 5.76 Å². The molecule has 0 unspecified atom stereocenters. The molecule has 0 bridgehead atoms. The molecule has 0 radical (unpaired) electrons. The van der Waals surface area contributed by atoms with Crippen molar-refractivity contribution in [1.82, 2.24) is 9.80 Å². The van der Waals surface area contributed by atoms with Gasteiger partial charge in [0.05, 0.1) is 25.3 Å². The number of rotatable bonds is 3. The van der Waals surface area contributed by atoms with E-state index in [4.69, 9.17) is 14.3 Å². The number of hydrogen-bond acceptors (Lipinski definition) is 4. The number of aromatic carboxylic acids is 1. The number of morpholine rings is 1. The molecule has 1 aromatic rings. The highest BCUT2D eigenvalue weighted by molar-refractivity contribution is 5.84. The van der Waals surface area contributed by atoms with Crippen LogP contribution in [0.3, 0.4) is 0 Å². The van der Waals surface area contributed by atoms with Gasteiger partial charge in [-0.15, -0.1) is 0 Å². The number of amides is 2. The van der Waals surface area contributed by atoms with Crippen molar-refractivity contribution in [1.29, 1.82) is 0 Å². The second kappa shape index (κ2) is 5.77. The van der Waals surface area contributed by atoms with Crippen LogP contribution in [0.15, 0.2) is 16.5 Å². The van der Waals surface area contributed by atoms with Gasteiger partial charge in [0.1, 0.15) is 5.76 Å². The lowest BCUT2D eigenvalue weighted by Crippen LogP contribution is -2.58. The van der Waals surface area contributed by atoms with E-state index in [0.29, 0.717) is 25.5 Å². The van der Waals surface area contributed by atoms with E-state index in [1.165, 1.54) is 11.0 Å². The van der Waals surface area contributed by atoms with E-state index in [1.54, 1.807) is 18.0 Å². The summed E-state index contributed by atoms with van der Waals surface area (Å²) >= 11 is 0. The van der Waals surface area contributed by atoms with Gasteiger partial charge >= 0.3 is 12.0 Å². The predicted octanol–water partition coefficient (Wildman–Crippen LogP) is 1.64. The molecule has 0 aliphatic carbocycles. The molecule has 1 saturated heterocycles. The molecule has 1 aliphatic rings. The van der Waals surface area contributed by atoms with E-state index >= 15 is 0 Å². The molecule has 0 atom stereocenters. The number of furan rings is 1. The fraction of sp³-hybridized carbons (Fsp3) is 0.571. The van der Waals surface area contributed by atoms with Crippen LogP contribution in [0.5, 0.6) is 0 Å². The summed E-state index contributed by atoms with van der Waals surface area (Å²) in [6.45, 7) is 5.68. The summed E-state index contributed by atoms with van der Waals surface area (Å²) in [5.74, 6) is -0.809. The Kier molecular flexibility index (Phi) is 4.22. The van der Waals surface area contributed by atoms with Crippen molar-refractivity contribution in [3.05, 3.63) is 23.7 Å². The topological polar surface area (TPSA) is 83.2 Å². The smallest absolute Gasteiger partial charge is 0.371 e. The Morgan fingerprint density at radius 2 is 2.14 bits per heavy atom. The highest BCUT2D eigenvalue weighted by atomic mass is 16.5. The van der Waals surface area contributed by atoms with Gasteiger partial charge in [-0.3, -0.25) is 0 Å². The minimum atomic E-state index is -1.12. The first-order chi connectivity index (χ1) is 9.81. The Labute approximate surface area is 123 Å². The van der Waals surface area contributed by atoms with Gasteiger partial charge in [-0.2, -0.15) is 0 Å². The van der Waals surface area contributed by atoms with Crippen LogP contribution in [0.4, 0.5) is 4.79 Å². The Morgan fingerprint density at radius 1 is 1.43 bits per heavy atom. The molecule has 7 nitrogen and oxygen atoms in total. The standard InChI is InChI=1S/C14H20N2O5/c1-14(2)9-20-7-6-16(14)13(19)15(3)8-10-4-5-11(21-10)12(17)18/h4-5H,6-9H2,1-3H3,(H,17,18). The van der Waals surface area contributed by atoms with E-state index in [1.807, 2.05) is 13.8 Å². The summed E-state index contributed by atoms with van der Waals surface area (Å²) in [7, 11) is 1.66. The average Bonchev–Trinajstić information content (AvgIpc) is 2.86. The molecule has 0 aromatic carbocycles. The van der Waals surface area contributed by atoms with Gasteiger partial charge in [-0.1, -0.05) is 0 Å². The van der Waals surface area contributed by atoms with Crippen molar-refractivity contribution in [2.24, 2.45) is 0 Å². The summed E-state index contributed by atoms with van der Waals surface area (Å²) in [5.41, 5.74) is -0.362. The second-order valence-electron chi connectivity index (χ2n) is 5.73. The lowest BCUT2D eigenvalue weighted by atomic mass is 10.0. The van der Waals surface area contributed by atoms with Crippen LogP contribution >= 0.6 is 0 Å². The molecule has 2 rings (SSSR count). The van der Waals surface area contributed by atoms with Crippen molar-refractivity contribution in [3.8, 4) is 0 Å². The lowest BCUT2D eigenvalue weighted by molar-refractivity contribution is -0.0344. The Balaban J connectivity index is 2.03. The molecule has 7 heteroatoms. The van der Waals surface area contributed by atoms with Crippen molar-refractivity contribution >= 4 is 12.0 Å². The number of carboxylic acids is 1. The molecule has 1 fully saturated rings. The molecule has 1 aliphatic heterocycles. The van der Waals surface area contributed by atoms with E-state index in [0.717, 1.165) is 0 Å². The summed E-state index contributed by atoms with van der Waals surface area (Å²) in [5, 5.41) is 8.82. The normalized spacial score (nSPS) is 17.6. The second-order valence-corrected chi connectivity index (χ2v) is 5.73. The zero-order valence-electron chi connectivity index (χ0n) is 12.5. The fourth-order valence-electron chi connectivity index (χ4n) is 2.30. The Hall–Kier alpha value is -2.02. The van der Waals surface area contributed by atoms with Crippen LogP contribution < -0.4 is 0 Å². The van der Waals surface area contributed by atoms with E-state index in [2.05, 4.69) is 0 Å². The van der Waals surface area contributed by atoms with E-state index in [-0.39, 0.29) is 23.9 Å². The maximum absolute atomic E-state index is 12.5. The molecular weight excluding hydrogens is 276 g/mol. The first-order valence-corrected chi connectivity index (χ1v) is 6.74. The number of carbonyl (C=O) groups is 2. The molecule has 116 valence electrons. The third-order valence-corrected chi connectivity index (χ3v) is 3.47. The van der Waals surface area contributed by atoms with Crippen LogP contribution in [0.25, 0.3) is 0 Å². The van der Waals surface area contributed by atoms with Crippen LogP contribution in [-0.4, -0.2) is 59.3 Å². The van der Waals surface area contributed by atoms with Gasteiger partial charge < -0.3 is 24.1 Å². The minimum Gasteiger partial charge on any atom is -0.475 e. The predicted molar refractivity (Wildman–Crippen MR) is 74.1 cm³/mol. The summed E-state index contributed by atoms with van der Waals surface area (Å²) < 4.78 is 10.6. The molecular formula is C14H20N2O5. The molecule has 0 saturated carbocycles. The van der Waals surface area contributed by atoms with Gasteiger partial charge in [-0.25, -0.2) is 9.59 Å². The zero-order valence-corrected chi connectivity index (χ0v) is 12.5. The molecule has 0 spiro atoms. The van der Waals surface area contributed by atoms with Gasteiger partial charge in [-0.05, 0) is 26.0 Å². The quantitative estimate of drug-likeness (QED) is 0.916. The minimum absolute atomic E-state index is 0.127. The van der Waals surface area contributed by atoms with Gasteiger partial charge in [0.15, 0.2) is 0 Å². The van der Waals surface area contributed by atoms with Crippen LogP contribution in [0, 0.1) is 0 Å². The van der Waals surface area contributed by atoms with Crippen molar-refractivity contribution in [2.75, 3.05) is 26.8 Å². The van der Waals surface area contributed by atoms with Gasteiger partial charge in [0.25, 0.3) is 0 Å². The Bertz CT molecular complexity index is 537. The third-order valence-electron chi connectivity index (χ3n) is 3.47. The number of carbonyl (C=O) groups excluding carboxylic acids is 1. The highest BCUT2D eigenvalue weighted by Crippen LogP contribution is 2.21.